The molecule has 14 rings (SSSR count). The first-order valence-electron chi connectivity index (χ1n) is 32.3. The first-order chi connectivity index (χ1) is 47.7. The van der Waals surface area contributed by atoms with E-state index in [1.165, 1.54) is 31.3 Å². The summed E-state index contributed by atoms with van der Waals surface area (Å²) < 4.78 is 34.1. The van der Waals surface area contributed by atoms with Crippen LogP contribution >= 0.6 is 82.6 Å². The van der Waals surface area contributed by atoms with Crippen LogP contribution in [0.5, 0.6) is 0 Å². The van der Waals surface area contributed by atoms with E-state index in [1.54, 1.807) is 44.3 Å². The van der Waals surface area contributed by atoms with Crippen LogP contribution < -0.4 is 37.9 Å². The molecule has 0 aliphatic carbocycles. The number of aryl methyl sites for hydroxylation is 6. The van der Waals surface area contributed by atoms with Crippen molar-refractivity contribution in [2.75, 3.05) is 31.1 Å². The van der Waals surface area contributed by atoms with Crippen molar-refractivity contribution in [3.8, 4) is 22.3 Å². The van der Waals surface area contributed by atoms with Crippen LogP contribution in [0.25, 0.3) is 22.3 Å². The van der Waals surface area contributed by atoms with Crippen LogP contribution in [0, 0.1) is 41.5 Å². The Morgan fingerprint density at radius 2 is 0.890 bits per heavy atom. The van der Waals surface area contributed by atoms with Crippen LogP contribution in [0.4, 0.5) is 5.69 Å². The van der Waals surface area contributed by atoms with Crippen LogP contribution in [0.15, 0.2) is 212 Å². The number of aromatic amines is 1. The number of benzene rings is 4. The molecule has 4 aromatic carbocycles. The fourth-order valence-electron chi connectivity index (χ4n) is 10.3. The number of aromatic nitrogens is 7. The van der Waals surface area contributed by atoms with Gasteiger partial charge in [0.1, 0.15) is 38.0 Å². The molecule has 7 aromatic heterocycles. The zero-order chi connectivity index (χ0) is 72.3. The molecule has 0 saturated carbocycles. The molecule has 524 valence electrons. The van der Waals surface area contributed by atoms with Crippen LogP contribution in [-0.2, 0) is 34.3 Å². The minimum atomic E-state index is -0.378. The monoisotopic (exact) mass is 1600 g/mol. The van der Waals surface area contributed by atoms with Crippen LogP contribution in [0.3, 0.4) is 0 Å². The zero-order valence-corrected chi connectivity index (χ0v) is 64.4. The number of hydrogen-bond acceptors (Lipinski definition) is 14. The molecular formula is C75H80BBr3Cl3N9O9. The lowest BCUT2D eigenvalue weighted by Gasteiger charge is -2.33. The highest BCUT2D eigenvalue weighted by molar-refractivity contribution is 9.10. The number of H-pyrrole nitrogens is 1. The van der Waals surface area contributed by atoms with E-state index in [9.17, 15) is 19.2 Å². The maximum Gasteiger partial charge on any atom is 0.500 e. The molecule has 0 amide bonds. The normalized spacial score (nSPS) is 13.7. The van der Waals surface area contributed by atoms with Gasteiger partial charge in [0.05, 0.1) is 47.9 Å². The summed E-state index contributed by atoms with van der Waals surface area (Å²) in [4.78, 5) is 52.1. The largest absolute Gasteiger partial charge is 0.500 e. The molecule has 11 aromatic rings. The molecule has 2 N–H and O–H groups in total. The van der Waals surface area contributed by atoms with Gasteiger partial charge in [-0.1, -0.05) is 188 Å². The number of alkyl halides is 1. The quantitative estimate of drug-likeness (QED) is 0.0912. The molecule has 0 bridgehead atoms. The highest BCUT2D eigenvalue weighted by Crippen LogP contribution is 2.37. The van der Waals surface area contributed by atoms with E-state index >= 15 is 0 Å². The first-order valence-corrected chi connectivity index (χ1v) is 36.1. The molecule has 18 nitrogen and oxygen atoms in total. The molecular weight excluding hydrogens is 1530 g/mol. The molecule has 3 aliphatic rings. The minimum Gasteiger partial charge on any atom is -0.399 e. The third-order valence-electron chi connectivity index (χ3n) is 16.7. The molecule has 10 heterocycles. The van der Waals surface area contributed by atoms with Crippen molar-refractivity contribution in [3.63, 3.8) is 0 Å². The van der Waals surface area contributed by atoms with Gasteiger partial charge >= 0.3 is 7.12 Å². The molecule has 0 atom stereocenters. The van der Waals surface area contributed by atoms with Gasteiger partial charge in [0.2, 0.25) is 0 Å². The Labute approximate surface area is 622 Å². The summed E-state index contributed by atoms with van der Waals surface area (Å²) in [5.41, 5.74) is 11.1. The van der Waals surface area contributed by atoms with E-state index in [0.29, 0.717) is 25.4 Å². The second kappa shape index (κ2) is 36.8. The summed E-state index contributed by atoms with van der Waals surface area (Å²) in [6.07, 6.45) is 9.52. The maximum atomic E-state index is 13.0. The molecule has 3 aliphatic heterocycles. The summed E-state index contributed by atoms with van der Waals surface area (Å²) in [6.45, 7) is 25.4. The molecule has 25 heteroatoms. The van der Waals surface area contributed by atoms with Crippen molar-refractivity contribution in [1.82, 2.24) is 39.5 Å². The fourth-order valence-corrected chi connectivity index (χ4v) is 12.4. The van der Waals surface area contributed by atoms with E-state index in [1.807, 2.05) is 191 Å². The number of nitrogens with zero attached hydrogens (tertiary/aromatic N) is 7. The van der Waals surface area contributed by atoms with Gasteiger partial charge < -0.3 is 51.8 Å². The molecule has 0 radical (unpaired) electrons. The van der Waals surface area contributed by atoms with E-state index in [0.717, 1.165) is 112 Å². The van der Waals surface area contributed by atoms with E-state index < -0.39 is 0 Å². The smallest absolute Gasteiger partial charge is 0.399 e. The summed E-state index contributed by atoms with van der Waals surface area (Å²) in [7, 11) is -0.378. The van der Waals surface area contributed by atoms with Crippen molar-refractivity contribution in [1.29, 1.82) is 0 Å². The summed E-state index contributed by atoms with van der Waals surface area (Å²) in [5.74, 6) is 2.24. The molecule has 3 saturated heterocycles. The lowest BCUT2D eigenvalue weighted by molar-refractivity contribution is 0.00578. The van der Waals surface area contributed by atoms with Gasteiger partial charge in [-0.25, -0.2) is 0 Å². The number of halogens is 6. The van der Waals surface area contributed by atoms with Crippen molar-refractivity contribution in [2.45, 2.75) is 118 Å². The summed E-state index contributed by atoms with van der Waals surface area (Å²) in [5, 5.41) is 16.6. The number of rotatable bonds is 11. The lowest BCUT2D eigenvalue weighted by Crippen LogP contribution is -2.41. The van der Waals surface area contributed by atoms with E-state index in [2.05, 4.69) is 90.6 Å². The Kier molecular flexibility index (Phi) is 28.7. The van der Waals surface area contributed by atoms with Crippen molar-refractivity contribution in [3.05, 3.63) is 292 Å². The Hall–Kier alpha value is -7.64. The number of anilines is 1. The van der Waals surface area contributed by atoms with E-state index in [-0.39, 0.29) is 55.6 Å². The average Bonchev–Trinajstić information content (AvgIpc) is 1.57. The first kappa shape index (κ1) is 78.1. The summed E-state index contributed by atoms with van der Waals surface area (Å²) >= 11 is 27.2. The van der Waals surface area contributed by atoms with Gasteiger partial charge in [0, 0.05) is 79.9 Å². The lowest BCUT2D eigenvalue weighted by atomic mass is 9.77. The van der Waals surface area contributed by atoms with Gasteiger partial charge in [-0.15, -0.1) is 0 Å². The van der Waals surface area contributed by atoms with Gasteiger partial charge in [-0.05, 0) is 174 Å². The van der Waals surface area contributed by atoms with Gasteiger partial charge in [0.15, 0.2) is 0 Å². The van der Waals surface area contributed by atoms with Gasteiger partial charge in [-0.3, -0.25) is 19.2 Å². The van der Waals surface area contributed by atoms with Crippen molar-refractivity contribution >= 4 is 101 Å². The van der Waals surface area contributed by atoms with Crippen molar-refractivity contribution in [2.24, 2.45) is 0 Å². The molecule has 3 fully saturated rings. The number of pyridine rings is 4. The van der Waals surface area contributed by atoms with Gasteiger partial charge in [0.25, 0.3) is 22.2 Å². The predicted molar refractivity (Wildman–Crippen MR) is 411 cm³/mol. The predicted octanol–water partition coefficient (Wildman–Crippen LogP) is 16.5. The standard InChI is InChI=1S/C20H21N3O2.C17H15ClN2O2.C12H9BrClNO.C11H18BNO3.C7H7Br.C5H3BrClNO.C3H7N/c1-14-19(15(2)25-21-14)17-11-18(22-9-6-10-22)20(24)23(13-17)12-16-7-4-3-5-8-16;1-11-16(12(2)22-19-11)14-8-15(18)17(21)20(10-14)9-13-6-4-3-5-7-13;13-10-6-11(14)12(16)15(8-10)7-9-4-2-1-3-5-9;1-7-9(8(2)14-13-7)12-15-10(3,4)11(5,6)16-12;8-6-7-4-2-1-3-5-7;6-3-1-4(7)5(9)8-2-3;1-2-4-3-1/h3-5,7-8,11,13H,6,9-10,12H2,1-2H3;3-8,10H,9H2,1-2H3;1-6,8H,7H2;1-6H3;1-5H,6H2;1-2H,(H,8,9);4H,1-3H2. The van der Waals surface area contributed by atoms with Crippen LogP contribution in [0.1, 0.15) is 97.2 Å². The highest BCUT2D eigenvalue weighted by atomic mass is 79.9. The zero-order valence-electron chi connectivity index (χ0n) is 57.4. The molecule has 100 heavy (non-hydrogen) atoms. The number of hydrogen-bond donors (Lipinski definition) is 2. The second-order valence-electron chi connectivity index (χ2n) is 24.7. The Bertz CT molecular complexity index is 4630. The topological polar surface area (TPSA) is 211 Å². The third-order valence-corrected chi connectivity index (χ3v) is 19.0. The number of nitrogens with one attached hydrogen (secondary N) is 2. The van der Waals surface area contributed by atoms with Crippen LogP contribution in [-0.4, -0.2) is 78.7 Å². The van der Waals surface area contributed by atoms with Crippen LogP contribution in [0.2, 0.25) is 15.1 Å². The molecule has 0 unspecified atom stereocenters. The third kappa shape index (κ3) is 21.5. The fraction of sp³-hybridized carbons (Fsp3) is 0.293. The van der Waals surface area contributed by atoms with Crippen molar-refractivity contribution < 1.29 is 22.9 Å². The highest BCUT2D eigenvalue weighted by Gasteiger charge is 2.53. The minimum absolute atomic E-state index is 0.0547. The summed E-state index contributed by atoms with van der Waals surface area (Å²) in [6, 6.07) is 46.7. The Morgan fingerprint density at radius 1 is 0.500 bits per heavy atom. The van der Waals surface area contributed by atoms with Gasteiger partial charge in [-0.2, -0.15) is 0 Å². The van der Waals surface area contributed by atoms with E-state index in [4.69, 9.17) is 57.7 Å². The Morgan fingerprint density at radius 3 is 1.25 bits per heavy atom. The average molecular weight is 1610 g/mol. The molecule has 0 spiro atoms. The Balaban J connectivity index is 0.000000156. The SMILES string of the molecule is BrCc1ccccc1.C1CNC1.Cc1noc(C)c1-c1cc(Cl)c(=O)n(Cc2ccccc2)c1.Cc1noc(C)c1-c1cc(N2CCC2)c(=O)n(Cc2ccccc2)c1.Cc1noc(C)c1B1OC(C)(C)C(C)(C)O1.O=c1[nH]cc(Br)cc1Cl.O=c1c(Cl)cc(Br)cn1Cc1ccccc1. The second-order valence-corrected chi connectivity index (χ2v) is 28.3. The maximum absolute atomic E-state index is 13.0.